The molecule has 13 nitrogen and oxygen atoms in total. The Hall–Kier alpha value is -3.35. The minimum atomic E-state index is -1.27. The third kappa shape index (κ3) is 12.0. The maximum absolute atomic E-state index is 13.0. The van der Waals surface area contributed by atoms with E-state index in [4.69, 9.17) is 19.9 Å². The third-order valence-electron chi connectivity index (χ3n) is 6.42. The molecule has 234 valence electrons. The molecule has 0 aliphatic heterocycles. The summed E-state index contributed by atoms with van der Waals surface area (Å²) in [5.74, 6) is -3.05. The van der Waals surface area contributed by atoms with Crippen LogP contribution < -0.4 is 21.7 Å². The van der Waals surface area contributed by atoms with E-state index in [1.807, 2.05) is 13.8 Å². The summed E-state index contributed by atoms with van der Waals surface area (Å²) in [5.41, 5.74) is 3.77. The van der Waals surface area contributed by atoms with Gasteiger partial charge in [-0.1, -0.05) is 26.7 Å². The van der Waals surface area contributed by atoms with Gasteiger partial charge < -0.3 is 30.4 Å². The van der Waals surface area contributed by atoms with Crippen LogP contribution >= 0.6 is 0 Å². The van der Waals surface area contributed by atoms with E-state index in [1.165, 1.54) is 13.8 Å². The fraction of sp³-hybridized carbons (Fsp3) is 0.750. The Bertz CT molecular complexity index is 962. The van der Waals surface area contributed by atoms with Crippen molar-refractivity contribution in [2.45, 2.75) is 118 Å². The summed E-state index contributed by atoms with van der Waals surface area (Å²) >= 11 is 0. The summed E-state index contributed by atoms with van der Waals surface area (Å²) in [6, 6.07) is -1.43. The molecule has 0 spiro atoms. The highest BCUT2D eigenvalue weighted by molar-refractivity contribution is 6.01. The first kappa shape index (κ1) is 35.7. The second kappa shape index (κ2) is 15.0. The Morgan fingerprint density at radius 2 is 1.46 bits per heavy atom. The maximum atomic E-state index is 13.0. The minimum absolute atomic E-state index is 0.00571. The maximum Gasteiger partial charge on any atom is 0.414 e. The molecule has 0 heterocycles. The van der Waals surface area contributed by atoms with E-state index in [9.17, 15) is 24.3 Å². The zero-order chi connectivity index (χ0) is 31.7. The van der Waals surface area contributed by atoms with Crippen LogP contribution in [-0.2, 0) is 23.8 Å². The number of carbonyl (C=O) groups is 4. The van der Waals surface area contributed by atoms with Crippen molar-refractivity contribution in [1.29, 1.82) is 0 Å². The number of nitrogens with one attached hydrogen (secondary N) is 3. The van der Waals surface area contributed by atoms with Crippen molar-refractivity contribution in [2.75, 3.05) is 0 Å². The molecule has 0 radical (unpaired) electrons. The van der Waals surface area contributed by atoms with Crippen molar-refractivity contribution in [2.24, 2.45) is 28.5 Å². The Kier molecular flexibility index (Phi) is 13.1. The molecule has 0 saturated heterocycles. The van der Waals surface area contributed by atoms with E-state index >= 15 is 0 Å². The number of amides is 3. The smallest absolute Gasteiger partial charge is 0.414 e. The third-order valence-corrected chi connectivity index (χ3v) is 6.42. The SMILES string of the molecule is CCC(CC)[C@H](NC(C)=O)[C@@H]1[C@H](O)[C@@H](C(=O)O/C(C)=C/N)C[C@H]1N=C(NC(=O)OC(C)(C)C)NC(=O)OC(C)(C)C. The average molecular weight is 584 g/mol. The predicted octanol–water partition coefficient (Wildman–Crippen LogP) is 3.06. The van der Waals surface area contributed by atoms with Crippen molar-refractivity contribution in [3.05, 3.63) is 12.0 Å². The second-order valence-electron chi connectivity index (χ2n) is 12.2. The fourth-order valence-corrected chi connectivity index (χ4v) is 4.77. The molecule has 1 saturated carbocycles. The highest BCUT2D eigenvalue weighted by Crippen LogP contribution is 2.40. The number of allylic oxidation sites excluding steroid dienone is 1. The monoisotopic (exact) mass is 583 g/mol. The molecule has 6 N–H and O–H groups in total. The molecule has 0 aromatic rings. The van der Waals surface area contributed by atoms with Crippen molar-refractivity contribution >= 4 is 30.0 Å². The van der Waals surface area contributed by atoms with E-state index in [0.29, 0.717) is 12.8 Å². The van der Waals surface area contributed by atoms with Crippen LogP contribution in [0.5, 0.6) is 0 Å². The van der Waals surface area contributed by atoms with E-state index < -0.39 is 59.4 Å². The van der Waals surface area contributed by atoms with Gasteiger partial charge in [0.15, 0.2) is 0 Å². The fourth-order valence-electron chi connectivity index (χ4n) is 4.77. The number of nitrogens with zero attached hydrogens (tertiary/aromatic N) is 1. The molecule has 1 fully saturated rings. The zero-order valence-electron chi connectivity index (χ0n) is 26.0. The normalized spacial score (nSPS) is 21.9. The number of aliphatic hydroxyl groups excluding tert-OH is 1. The largest absolute Gasteiger partial charge is 0.444 e. The molecule has 1 aliphatic rings. The summed E-state index contributed by atoms with van der Waals surface area (Å²) in [4.78, 5) is 55.2. The number of esters is 1. The molecule has 3 amide bonds. The van der Waals surface area contributed by atoms with Crippen molar-refractivity contribution in [1.82, 2.24) is 16.0 Å². The molecule has 0 aromatic carbocycles. The van der Waals surface area contributed by atoms with Gasteiger partial charge in [0.25, 0.3) is 0 Å². The number of aliphatic imine (C=N–C) groups is 1. The van der Waals surface area contributed by atoms with Gasteiger partial charge >= 0.3 is 18.2 Å². The molecule has 1 aliphatic carbocycles. The molecule has 1 rings (SSSR count). The molecule has 0 bridgehead atoms. The molecule has 41 heavy (non-hydrogen) atoms. The number of ether oxygens (including phenoxy) is 3. The predicted molar refractivity (Wildman–Crippen MR) is 153 cm³/mol. The highest BCUT2D eigenvalue weighted by Gasteiger charge is 2.51. The van der Waals surface area contributed by atoms with E-state index in [-0.39, 0.29) is 30.0 Å². The lowest BCUT2D eigenvalue weighted by Crippen LogP contribution is -2.52. The second-order valence-corrected chi connectivity index (χ2v) is 12.2. The van der Waals surface area contributed by atoms with Crippen molar-refractivity contribution < 1.29 is 38.5 Å². The Labute approximate surface area is 243 Å². The topological polar surface area (TPSA) is 191 Å². The molecule has 5 atom stereocenters. The van der Waals surface area contributed by atoms with Crippen LogP contribution in [0.3, 0.4) is 0 Å². The van der Waals surface area contributed by atoms with Crippen LogP contribution in [0.2, 0.25) is 0 Å². The van der Waals surface area contributed by atoms with Gasteiger partial charge in [-0.15, -0.1) is 0 Å². The number of hydrogen-bond donors (Lipinski definition) is 5. The summed E-state index contributed by atoms with van der Waals surface area (Å²) in [6.45, 7) is 16.9. The van der Waals surface area contributed by atoms with E-state index in [0.717, 1.165) is 6.20 Å². The Morgan fingerprint density at radius 3 is 1.85 bits per heavy atom. The number of guanidine groups is 1. The van der Waals surface area contributed by atoms with Gasteiger partial charge in [0.1, 0.15) is 17.0 Å². The quantitative estimate of drug-likeness (QED) is 0.0939. The zero-order valence-corrected chi connectivity index (χ0v) is 26.0. The summed E-state index contributed by atoms with van der Waals surface area (Å²) in [5, 5.41) is 19.3. The summed E-state index contributed by atoms with van der Waals surface area (Å²) < 4.78 is 16.0. The van der Waals surface area contributed by atoms with E-state index in [2.05, 4.69) is 20.9 Å². The number of hydrogen-bond acceptors (Lipinski definition) is 10. The minimum Gasteiger partial charge on any atom is -0.444 e. The van der Waals surface area contributed by atoms with Crippen LogP contribution in [-0.4, -0.2) is 64.5 Å². The van der Waals surface area contributed by atoms with Gasteiger partial charge in [0, 0.05) is 25.1 Å². The number of nitrogens with two attached hydrogens (primary N) is 1. The summed E-state index contributed by atoms with van der Waals surface area (Å²) in [7, 11) is 0. The van der Waals surface area contributed by atoms with Crippen molar-refractivity contribution in [3.8, 4) is 0 Å². The first-order valence-electron chi connectivity index (χ1n) is 13.9. The lowest BCUT2D eigenvalue weighted by molar-refractivity contribution is -0.147. The van der Waals surface area contributed by atoms with Crippen LogP contribution in [0.1, 0.15) is 88.5 Å². The van der Waals surface area contributed by atoms with Gasteiger partial charge in [-0.3, -0.25) is 20.2 Å². The highest BCUT2D eigenvalue weighted by atomic mass is 16.6. The van der Waals surface area contributed by atoms with Crippen LogP contribution in [0.15, 0.2) is 17.0 Å². The van der Waals surface area contributed by atoms with Gasteiger partial charge in [-0.05, 0) is 60.8 Å². The molecule has 13 heteroatoms. The van der Waals surface area contributed by atoms with Crippen LogP contribution in [0.4, 0.5) is 9.59 Å². The Balaban J connectivity index is 3.64. The average Bonchev–Trinajstić information content (AvgIpc) is 3.11. The first-order chi connectivity index (χ1) is 18.8. The Morgan fingerprint density at radius 1 is 0.976 bits per heavy atom. The molecular formula is C28H49N5O8. The first-order valence-corrected chi connectivity index (χ1v) is 13.9. The van der Waals surface area contributed by atoms with Gasteiger partial charge in [-0.25, -0.2) is 14.6 Å². The molecular weight excluding hydrogens is 534 g/mol. The number of rotatable bonds is 8. The van der Waals surface area contributed by atoms with Gasteiger partial charge in [0.05, 0.1) is 18.1 Å². The standard InChI is InChI=1S/C28H49N5O8/c1-11-17(12-2)21(30-16(4)34)20-19(13-18(22(20)35)23(36)39-15(3)14-29)31-24(32-25(37)40-27(5,6)7)33-26(38)41-28(8,9)10/h14,17-22,35H,11-13,29H2,1-10H3,(H,30,34)(H2,31,32,33,37,38)/b15-14+/t18-,19+,20+,21-,22+/m0/s1. The number of aliphatic hydroxyl groups is 1. The van der Waals surface area contributed by atoms with Gasteiger partial charge in [0.2, 0.25) is 11.9 Å². The summed E-state index contributed by atoms with van der Waals surface area (Å²) in [6.07, 6.45) is -0.586. The van der Waals surface area contributed by atoms with Crippen LogP contribution in [0.25, 0.3) is 0 Å². The molecule has 0 unspecified atom stereocenters. The van der Waals surface area contributed by atoms with Crippen molar-refractivity contribution in [3.63, 3.8) is 0 Å². The lowest BCUT2D eigenvalue weighted by Gasteiger charge is -2.35. The van der Waals surface area contributed by atoms with E-state index in [1.54, 1.807) is 41.5 Å². The number of alkyl carbamates (subject to hydrolysis) is 2. The van der Waals surface area contributed by atoms with Crippen LogP contribution in [0, 0.1) is 17.8 Å². The molecule has 0 aromatic heterocycles. The lowest BCUT2D eigenvalue weighted by atomic mass is 9.80. The van der Waals surface area contributed by atoms with Gasteiger partial charge in [-0.2, -0.15) is 0 Å². The number of carbonyl (C=O) groups excluding carboxylic acids is 4.